The fourth-order valence-electron chi connectivity index (χ4n) is 4.75. The van der Waals surface area contributed by atoms with E-state index in [0.29, 0.717) is 34.6 Å². The van der Waals surface area contributed by atoms with Crippen LogP contribution in [0.2, 0.25) is 0 Å². The maximum Gasteiger partial charge on any atom is 0.274 e. The van der Waals surface area contributed by atoms with E-state index in [1.54, 1.807) is 0 Å². The number of H-pyrrole nitrogens is 1. The zero-order valence-corrected chi connectivity index (χ0v) is 17.6. The van der Waals surface area contributed by atoms with E-state index in [2.05, 4.69) is 34.0 Å². The molecule has 0 bridgehead atoms. The van der Waals surface area contributed by atoms with E-state index in [1.807, 2.05) is 12.3 Å². The second-order valence-corrected chi connectivity index (χ2v) is 9.35. The molecule has 2 atom stereocenters. The van der Waals surface area contributed by atoms with Gasteiger partial charge in [-0.25, -0.2) is 4.98 Å². The van der Waals surface area contributed by atoms with Gasteiger partial charge in [0.05, 0.1) is 5.69 Å². The Morgan fingerprint density at radius 1 is 1.32 bits per heavy atom. The molecule has 0 unspecified atom stereocenters. The second kappa shape index (κ2) is 7.79. The number of amides is 1. The molecular weight excluding hydrogens is 372 g/mol. The quantitative estimate of drug-likeness (QED) is 0.812. The summed E-state index contributed by atoms with van der Waals surface area (Å²) in [6.45, 7) is 9.48. The lowest BCUT2D eigenvalue weighted by atomic mass is 9.92. The third-order valence-corrected chi connectivity index (χ3v) is 6.57. The Morgan fingerprint density at radius 3 is 2.79 bits per heavy atom. The number of nitrogens with one attached hydrogen (secondary N) is 2. The first-order valence-corrected chi connectivity index (χ1v) is 11.0. The summed E-state index contributed by atoms with van der Waals surface area (Å²) in [7, 11) is 0. The number of carbonyl (C=O) groups is 2. The number of rotatable bonds is 4. The van der Waals surface area contributed by atoms with Gasteiger partial charge < -0.3 is 4.98 Å². The molecule has 1 aliphatic carbocycles. The van der Waals surface area contributed by atoms with Gasteiger partial charge in [-0.3, -0.25) is 19.8 Å². The molecule has 1 fully saturated rings. The molecule has 1 aliphatic heterocycles. The Labute approximate surface area is 169 Å². The summed E-state index contributed by atoms with van der Waals surface area (Å²) < 4.78 is 0. The van der Waals surface area contributed by atoms with Gasteiger partial charge in [0.15, 0.2) is 10.9 Å². The van der Waals surface area contributed by atoms with Gasteiger partial charge in [0, 0.05) is 42.7 Å². The number of piperidine rings is 1. The Bertz CT molecular complexity index is 890. The number of nitrogens with zero attached hydrogens (tertiary/aromatic N) is 2. The number of hydrogen-bond donors (Lipinski definition) is 2. The number of fused-ring (bicyclic) bond motifs is 1. The first-order valence-electron chi connectivity index (χ1n) is 10.1. The molecule has 0 saturated carbocycles. The van der Waals surface area contributed by atoms with Gasteiger partial charge in [0.25, 0.3) is 5.91 Å². The van der Waals surface area contributed by atoms with E-state index < -0.39 is 0 Å². The Kier molecular flexibility index (Phi) is 5.38. The molecule has 150 valence electrons. The largest absolute Gasteiger partial charge is 0.354 e. The van der Waals surface area contributed by atoms with Crippen molar-refractivity contribution in [3.05, 3.63) is 33.6 Å². The van der Waals surface area contributed by atoms with E-state index in [4.69, 9.17) is 0 Å². The topological polar surface area (TPSA) is 78.1 Å². The van der Waals surface area contributed by atoms with Gasteiger partial charge in [-0.1, -0.05) is 13.8 Å². The minimum atomic E-state index is -0.221. The maximum absolute atomic E-state index is 12.7. The third kappa shape index (κ3) is 3.91. The number of likely N-dealkylation sites (tertiary alicyclic amines) is 1. The number of aryl methyl sites for hydroxylation is 1. The summed E-state index contributed by atoms with van der Waals surface area (Å²) in [6, 6.07) is 0. The molecule has 1 saturated heterocycles. The minimum Gasteiger partial charge on any atom is -0.354 e. The van der Waals surface area contributed by atoms with Crippen LogP contribution in [0, 0.1) is 18.8 Å². The van der Waals surface area contributed by atoms with E-state index in [-0.39, 0.29) is 11.7 Å². The number of hydrogen-bond acceptors (Lipinski definition) is 5. The number of Topliss-reactive ketones (excluding diaryl/α,β-unsaturated/α-hetero) is 1. The maximum atomic E-state index is 12.7. The lowest BCUT2D eigenvalue weighted by Gasteiger charge is -2.34. The van der Waals surface area contributed by atoms with Crippen LogP contribution in [-0.2, 0) is 13.0 Å². The van der Waals surface area contributed by atoms with Crippen LogP contribution in [0.25, 0.3) is 0 Å². The fraction of sp³-hybridized carbons (Fsp3) is 0.571. The SMILES string of the molecule is Cc1c(C(=O)Nc2nc(CN3C[C@@H](C)C[C@H](C)C3)cs2)[nH]c2c1C(=O)CCC2. The number of aromatic amines is 1. The van der Waals surface area contributed by atoms with E-state index >= 15 is 0 Å². The molecule has 0 spiro atoms. The van der Waals surface area contributed by atoms with E-state index in [9.17, 15) is 9.59 Å². The summed E-state index contributed by atoms with van der Waals surface area (Å²) in [5.74, 6) is 1.34. The van der Waals surface area contributed by atoms with Crippen LogP contribution in [0.1, 0.15) is 70.9 Å². The molecule has 6 nitrogen and oxygen atoms in total. The second-order valence-electron chi connectivity index (χ2n) is 8.49. The smallest absolute Gasteiger partial charge is 0.274 e. The highest BCUT2D eigenvalue weighted by Gasteiger charge is 2.27. The van der Waals surface area contributed by atoms with Crippen LogP contribution in [0.15, 0.2) is 5.38 Å². The van der Waals surface area contributed by atoms with Crippen molar-refractivity contribution in [3.63, 3.8) is 0 Å². The lowest BCUT2D eigenvalue weighted by molar-refractivity contribution is 0.0971. The molecule has 4 rings (SSSR count). The number of aromatic nitrogens is 2. The molecule has 2 aliphatic rings. The molecule has 0 radical (unpaired) electrons. The Hall–Kier alpha value is -1.99. The predicted molar refractivity (Wildman–Crippen MR) is 111 cm³/mol. The van der Waals surface area contributed by atoms with Crippen LogP contribution in [0.4, 0.5) is 5.13 Å². The van der Waals surface area contributed by atoms with Crippen LogP contribution in [0.5, 0.6) is 0 Å². The highest BCUT2D eigenvalue weighted by atomic mass is 32.1. The van der Waals surface area contributed by atoms with Crippen LogP contribution >= 0.6 is 11.3 Å². The van der Waals surface area contributed by atoms with E-state index in [0.717, 1.165) is 49.4 Å². The molecule has 3 heterocycles. The number of anilines is 1. The van der Waals surface area contributed by atoms with Crippen LogP contribution in [-0.4, -0.2) is 39.6 Å². The predicted octanol–water partition coefficient (Wildman–Crippen LogP) is 4.03. The van der Waals surface area contributed by atoms with Crippen molar-refractivity contribution in [2.45, 2.75) is 53.0 Å². The molecule has 28 heavy (non-hydrogen) atoms. The van der Waals surface area contributed by atoms with Gasteiger partial charge in [-0.2, -0.15) is 0 Å². The molecule has 2 N–H and O–H groups in total. The molecule has 2 aromatic rings. The summed E-state index contributed by atoms with van der Waals surface area (Å²) in [5.41, 5.74) is 3.84. The Morgan fingerprint density at radius 2 is 2.07 bits per heavy atom. The number of thiazole rings is 1. The molecule has 2 aromatic heterocycles. The zero-order valence-electron chi connectivity index (χ0n) is 16.8. The third-order valence-electron chi connectivity index (χ3n) is 5.77. The highest BCUT2D eigenvalue weighted by molar-refractivity contribution is 7.14. The first-order chi connectivity index (χ1) is 13.4. The Balaban J connectivity index is 1.43. The average molecular weight is 401 g/mol. The number of carbonyl (C=O) groups excluding carboxylic acids is 2. The summed E-state index contributed by atoms with van der Waals surface area (Å²) in [6.07, 6.45) is 3.52. The standard InChI is InChI=1S/C21H28N4O2S/c1-12-7-13(2)9-25(8-12)10-15-11-28-21(22-15)24-20(27)19-14(3)18-16(23-19)5-4-6-17(18)26/h11-13,23H,4-10H2,1-3H3,(H,22,24,27)/t12-,13-/m0/s1. The average Bonchev–Trinajstić information content (AvgIpc) is 3.19. The molecule has 7 heteroatoms. The lowest BCUT2D eigenvalue weighted by Crippen LogP contribution is -2.38. The van der Waals surface area contributed by atoms with Crippen LogP contribution in [0.3, 0.4) is 0 Å². The van der Waals surface area contributed by atoms with Gasteiger partial charge in [0.1, 0.15) is 5.69 Å². The highest BCUT2D eigenvalue weighted by Crippen LogP contribution is 2.28. The van der Waals surface area contributed by atoms with Crippen molar-refractivity contribution in [1.82, 2.24) is 14.9 Å². The van der Waals surface area contributed by atoms with Crippen molar-refractivity contribution in [2.75, 3.05) is 18.4 Å². The molecule has 0 aromatic carbocycles. The fourth-order valence-corrected chi connectivity index (χ4v) is 5.44. The van der Waals surface area contributed by atoms with Crippen molar-refractivity contribution in [3.8, 4) is 0 Å². The van der Waals surface area contributed by atoms with Gasteiger partial charge >= 0.3 is 0 Å². The first kappa shape index (κ1) is 19.3. The van der Waals surface area contributed by atoms with Gasteiger partial charge in [-0.15, -0.1) is 11.3 Å². The zero-order chi connectivity index (χ0) is 19.8. The summed E-state index contributed by atoms with van der Waals surface area (Å²) in [4.78, 5) is 35.2. The van der Waals surface area contributed by atoms with Gasteiger partial charge in [0.2, 0.25) is 0 Å². The minimum absolute atomic E-state index is 0.135. The summed E-state index contributed by atoms with van der Waals surface area (Å²) >= 11 is 1.45. The van der Waals surface area contributed by atoms with Crippen LogP contribution < -0.4 is 5.32 Å². The summed E-state index contributed by atoms with van der Waals surface area (Å²) in [5, 5.41) is 5.54. The number of ketones is 1. The monoisotopic (exact) mass is 400 g/mol. The molecular formula is C21H28N4O2S. The van der Waals surface area contributed by atoms with Gasteiger partial charge in [-0.05, 0) is 43.6 Å². The van der Waals surface area contributed by atoms with Crippen molar-refractivity contribution in [2.24, 2.45) is 11.8 Å². The van der Waals surface area contributed by atoms with Crippen molar-refractivity contribution >= 4 is 28.2 Å². The normalized spacial score (nSPS) is 22.9. The molecule has 1 amide bonds. The van der Waals surface area contributed by atoms with Crippen molar-refractivity contribution < 1.29 is 9.59 Å². The van der Waals surface area contributed by atoms with E-state index in [1.165, 1.54) is 17.8 Å². The van der Waals surface area contributed by atoms with Crippen molar-refractivity contribution in [1.29, 1.82) is 0 Å².